The molecule has 1 saturated carbocycles. The number of hydrogen-bond acceptors (Lipinski definition) is 6. The molecule has 4 heterocycles. The van der Waals surface area contributed by atoms with Gasteiger partial charge in [-0.2, -0.15) is 10.2 Å². The topological polar surface area (TPSA) is 98.2 Å². The molecule has 0 aromatic carbocycles. The van der Waals surface area contributed by atoms with Crippen LogP contribution in [0.15, 0.2) is 18.5 Å². The van der Waals surface area contributed by atoms with Crippen molar-refractivity contribution in [3.05, 3.63) is 63.4 Å². The molecule has 10 nitrogen and oxygen atoms in total. The largest absolute Gasteiger partial charge is 0.376 e. The van der Waals surface area contributed by atoms with Gasteiger partial charge in [-0.05, 0) is 26.7 Å². The van der Waals surface area contributed by atoms with Gasteiger partial charge < -0.3 is 5.32 Å². The number of fused-ring (bicyclic) bond motifs is 2. The molecule has 0 unspecified atom stereocenters. The third-order valence-electron chi connectivity index (χ3n) is 4.72. The third-order valence-corrected chi connectivity index (χ3v) is 5.06. The summed E-state index contributed by atoms with van der Waals surface area (Å²) in [7, 11) is 0. The lowest BCUT2D eigenvalue weighted by Crippen LogP contribution is -2.09. The van der Waals surface area contributed by atoms with E-state index in [1.807, 2.05) is 0 Å². The summed E-state index contributed by atoms with van der Waals surface area (Å²) in [5, 5.41) is 11.7. The Morgan fingerprint density at radius 2 is 1.84 bits per heavy atom. The van der Waals surface area contributed by atoms with Gasteiger partial charge in [0.25, 0.3) is 0 Å². The summed E-state index contributed by atoms with van der Waals surface area (Å²) in [6.45, 7) is 17.7. The zero-order chi connectivity index (χ0) is 22.1. The Morgan fingerprint density at radius 1 is 1.13 bits per heavy atom. The molecule has 1 N–H and O–H groups in total. The van der Waals surface area contributed by atoms with Gasteiger partial charge in [0.15, 0.2) is 17.6 Å². The fourth-order valence-corrected chi connectivity index (χ4v) is 3.32. The van der Waals surface area contributed by atoms with E-state index in [9.17, 15) is 4.79 Å². The number of rotatable bonds is 3. The number of nitrogens with one attached hydrogen (secondary N) is 1. The number of carbonyl (C=O) groups excluding carboxylic acids is 1. The quantitative estimate of drug-likeness (QED) is 0.295. The van der Waals surface area contributed by atoms with Crippen molar-refractivity contribution in [3.8, 4) is 0 Å². The summed E-state index contributed by atoms with van der Waals surface area (Å²) < 4.78 is 2.99. The van der Waals surface area contributed by atoms with Crippen molar-refractivity contribution in [1.29, 1.82) is 0 Å². The van der Waals surface area contributed by atoms with Gasteiger partial charge in [0.2, 0.25) is 11.4 Å². The zero-order valence-corrected chi connectivity index (χ0v) is 17.4. The van der Waals surface area contributed by atoms with Crippen molar-refractivity contribution in [2.24, 2.45) is 0 Å². The first-order chi connectivity index (χ1) is 15.0. The summed E-state index contributed by atoms with van der Waals surface area (Å²) in [5.74, 6) is 0.642. The number of aryl methyl sites for hydroxylation is 2. The zero-order valence-electron chi connectivity index (χ0n) is 16.7. The number of halogens is 1. The van der Waals surface area contributed by atoms with Crippen LogP contribution in [0, 0.1) is 27.0 Å². The minimum Gasteiger partial charge on any atom is -0.376 e. The Kier molecular flexibility index (Phi) is 5.24. The highest BCUT2D eigenvalue weighted by atomic mass is 35.5. The van der Waals surface area contributed by atoms with Gasteiger partial charge in [0, 0.05) is 17.8 Å². The van der Waals surface area contributed by atoms with Gasteiger partial charge in [0.05, 0.1) is 36.8 Å². The summed E-state index contributed by atoms with van der Waals surface area (Å²) in [5.41, 5.74) is 3.67. The SMILES string of the molecule is [C-]#[N+]c1c(C)nc2c(C=O)cnn2c1NC1CC1.[C-]#[N+]c1c(C)nc2ccnn2c1Cl. The summed E-state index contributed by atoms with van der Waals surface area (Å²) >= 11 is 5.94. The molecule has 1 aliphatic carbocycles. The average molecular weight is 434 g/mol. The van der Waals surface area contributed by atoms with Crippen LogP contribution in [0.2, 0.25) is 5.15 Å². The minimum atomic E-state index is 0.322. The first-order valence-corrected chi connectivity index (χ1v) is 9.71. The van der Waals surface area contributed by atoms with Gasteiger partial charge in [-0.1, -0.05) is 11.6 Å². The molecule has 0 spiro atoms. The molecule has 0 bridgehead atoms. The van der Waals surface area contributed by atoms with Crippen LogP contribution in [0.5, 0.6) is 0 Å². The van der Waals surface area contributed by atoms with Crippen LogP contribution < -0.4 is 5.32 Å². The highest BCUT2D eigenvalue weighted by Gasteiger charge is 2.25. The number of nitrogens with zero attached hydrogens (tertiary/aromatic N) is 8. The van der Waals surface area contributed by atoms with Crippen molar-refractivity contribution in [1.82, 2.24) is 29.2 Å². The molecule has 11 heteroatoms. The Balaban J connectivity index is 0.000000158. The van der Waals surface area contributed by atoms with Gasteiger partial charge in [-0.25, -0.2) is 28.7 Å². The van der Waals surface area contributed by atoms with Crippen LogP contribution in [-0.4, -0.2) is 41.5 Å². The van der Waals surface area contributed by atoms with Crippen molar-refractivity contribution < 1.29 is 4.79 Å². The van der Waals surface area contributed by atoms with Crippen molar-refractivity contribution in [2.75, 3.05) is 5.32 Å². The average Bonchev–Trinajstić information content (AvgIpc) is 3.28. The van der Waals surface area contributed by atoms with Crippen LogP contribution >= 0.6 is 11.6 Å². The predicted octanol–water partition coefficient (Wildman–Crippen LogP) is 4.22. The molecule has 1 fully saturated rings. The molecule has 0 atom stereocenters. The standard InChI is InChI=1S/C12H11N5O.C8H5ClN4/c1-7-10(13-2)12(16-9-3-4-9)17-11(15-7)8(6-18)5-14-17;1-5-7(10-2)8(9)13-6(12-5)3-4-11-13/h5-6,9,16H,3-4H2,1H3;3-4H,1H3. The fourth-order valence-electron chi connectivity index (χ4n) is 3.01. The highest BCUT2D eigenvalue weighted by Crippen LogP contribution is 2.33. The summed E-state index contributed by atoms with van der Waals surface area (Å²) in [6.07, 6.45) is 6.00. The number of aldehydes is 1. The lowest BCUT2D eigenvalue weighted by atomic mass is 10.3. The number of aromatic nitrogens is 6. The van der Waals surface area contributed by atoms with E-state index in [1.54, 1.807) is 30.6 Å². The number of hydrogen-bond donors (Lipinski definition) is 1. The molecule has 5 rings (SSSR count). The van der Waals surface area contributed by atoms with Crippen LogP contribution in [0.4, 0.5) is 17.2 Å². The predicted molar refractivity (Wildman–Crippen MR) is 115 cm³/mol. The van der Waals surface area contributed by atoms with E-state index in [0.29, 0.717) is 56.6 Å². The van der Waals surface area contributed by atoms with Gasteiger partial charge in [-0.15, -0.1) is 0 Å². The molecular formula is C20H16ClN9O. The van der Waals surface area contributed by atoms with E-state index in [-0.39, 0.29) is 0 Å². The molecule has 0 aliphatic heterocycles. The molecule has 0 amide bonds. The first-order valence-electron chi connectivity index (χ1n) is 9.33. The van der Waals surface area contributed by atoms with Crippen LogP contribution in [0.3, 0.4) is 0 Å². The van der Waals surface area contributed by atoms with E-state index >= 15 is 0 Å². The lowest BCUT2D eigenvalue weighted by Gasteiger charge is -2.11. The number of carbonyl (C=O) groups is 1. The second kappa shape index (κ2) is 8.01. The Labute approximate surface area is 182 Å². The van der Waals surface area contributed by atoms with E-state index in [4.69, 9.17) is 24.7 Å². The van der Waals surface area contributed by atoms with Crippen molar-refractivity contribution in [2.45, 2.75) is 32.7 Å². The third kappa shape index (κ3) is 3.65. The summed E-state index contributed by atoms with van der Waals surface area (Å²) in [6, 6.07) is 2.14. The molecule has 0 radical (unpaired) electrons. The maximum Gasteiger partial charge on any atom is 0.248 e. The molecule has 154 valence electrons. The van der Waals surface area contributed by atoms with Crippen LogP contribution in [0.1, 0.15) is 34.6 Å². The van der Waals surface area contributed by atoms with Gasteiger partial charge in [-0.3, -0.25) is 4.79 Å². The monoisotopic (exact) mass is 433 g/mol. The van der Waals surface area contributed by atoms with Crippen LogP contribution in [-0.2, 0) is 0 Å². The number of anilines is 1. The maximum absolute atomic E-state index is 10.9. The van der Waals surface area contributed by atoms with E-state index in [2.05, 4.69) is 35.2 Å². The van der Waals surface area contributed by atoms with E-state index in [0.717, 1.165) is 19.1 Å². The fraction of sp³-hybridized carbons (Fsp3) is 0.250. The Morgan fingerprint density at radius 3 is 2.48 bits per heavy atom. The molecule has 4 aromatic heterocycles. The smallest absolute Gasteiger partial charge is 0.248 e. The normalized spacial score (nSPS) is 12.7. The first kappa shape index (κ1) is 20.3. The van der Waals surface area contributed by atoms with Crippen molar-refractivity contribution >= 4 is 46.4 Å². The second-order valence-corrected chi connectivity index (χ2v) is 7.29. The Bertz CT molecular complexity index is 1400. The van der Waals surface area contributed by atoms with E-state index < -0.39 is 0 Å². The molecule has 0 saturated heterocycles. The minimum absolute atomic E-state index is 0.322. The lowest BCUT2D eigenvalue weighted by molar-refractivity contribution is 0.112. The van der Waals surface area contributed by atoms with Crippen LogP contribution in [0.25, 0.3) is 21.0 Å². The molecule has 31 heavy (non-hydrogen) atoms. The van der Waals surface area contributed by atoms with Gasteiger partial charge >= 0.3 is 0 Å². The molecule has 1 aliphatic rings. The summed E-state index contributed by atoms with van der Waals surface area (Å²) in [4.78, 5) is 26.2. The highest BCUT2D eigenvalue weighted by molar-refractivity contribution is 6.32. The van der Waals surface area contributed by atoms with E-state index in [1.165, 1.54) is 10.7 Å². The molecule has 4 aromatic rings. The molecular weight excluding hydrogens is 418 g/mol. The van der Waals surface area contributed by atoms with Gasteiger partial charge in [0.1, 0.15) is 11.0 Å². The second-order valence-electron chi connectivity index (χ2n) is 6.93. The Hall–Kier alpha value is -4.02. The maximum atomic E-state index is 10.9. The van der Waals surface area contributed by atoms with Crippen molar-refractivity contribution in [3.63, 3.8) is 0 Å².